The minimum atomic E-state index is 0.355. The molecule has 0 spiro atoms. The van der Waals surface area contributed by atoms with Gasteiger partial charge in [-0.1, -0.05) is 18.2 Å². The Morgan fingerprint density at radius 2 is 2.13 bits per heavy atom. The molecule has 0 saturated heterocycles. The molecule has 0 radical (unpaired) electrons. The van der Waals surface area contributed by atoms with E-state index < -0.39 is 0 Å². The molecule has 76 valence electrons. The van der Waals surface area contributed by atoms with Crippen molar-refractivity contribution >= 4 is 23.6 Å². The lowest BCUT2D eigenvalue weighted by Crippen LogP contribution is -2.22. The van der Waals surface area contributed by atoms with Gasteiger partial charge in [0.15, 0.2) is 5.78 Å². The first-order valence-electron chi connectivity index (χ1n) is 5.35. The van der Waals surface area contributed by atoms with Gasteiger partial charge in [0, 0.05) is 22.1 Å². The summed E-state index contributed by atoms with van der Waals surface area (Å²) in [5.41, 5.74) is 2.26. The van der Waals surface area contributed by atoms with Gasteiger partial charge in [-0.25, -0.2) is 0 Å². The Balaban J connectivity index is 2.08. The van der Waals surface area contributed by atoms with Crippen molar-refractivity contribution in [2.24, 2.45) is 0 Å². The molecule has 0 N–H and O–H groups in total. The monoisotopic (exact) mass is 216 g/mol. The first-order chi connectivity index (χ1) is 7.34. The maximum absolute atomic E-state index is 11.8. The van der Waals surface area contributed by atoms with Crippen molar-refractivity contribution in [2.75, 3.05) is 0 Å². The predicted molar refractivity (Wildman–Crippen MR) is 62.9 cm³/mol. The average Bonchev–Trinajstić information content (AvgIpc) is 2.27. The molecule has 1 aromatic carbocycles. The van der Waals surface area contributed by atoms with E-state index in [4.69, 9.17) is 0 Å². The van der Waals surface area contributed by atoms with Crippen LogP contribution in [-0.2, 0) is 4.79 Å². The van der Waals surface area contributed by atoms with Crippen LogP contribution in [0.2, 0.25) is 0 Å². The molecular formula is C13H12OS. The number of fused-ring (bicyclic) bond motifs is 2. The Morgan fingerprint density at radius 3 is 3.07 bits per heavy atom. The highest BCUT2D eigenvalue weighted by molar-refractivity contribution is 8.00. The molecule has 0 amide bonds. The molecule has 1 atom stereocenters. The zero-order chi connectivity index (χ0) is 10.3. The smallest absolute Gasteiger partial charge is 0.160 e. The third-order valence-corrected chi connectivity index (χ3v) is 4.44. The van der Waals surface area contributed by atoms with Gasteiger partial charge in [-0.3, -0.25) is 4.79 Å². The molecule has 1 nitrogen and oxygen atoms in total. The fourth-order valence-corrected chi connectivity index (χ4v) is 3.59. The molecule has 1 fully saturated rings. The van der Waals surface area contributed by atoms with Crippen molar-refractivity contribution < 1.29 is 4.79 Å². The summed E-state index contributed by atoms with van der Waals surface area (Å²) in [6.07, 6.45) is 5.04. The Kier molecular flexibility index (Phi) is 2.17. The summed E-state index contributed by atoms with van der Waals surface area (Å²) in [5.74, 6) is 0.355. The van der Waals surface area contributed by atoms with Gasteiger partial charge in [0.2, 0.25) is 0 Å². The second-order valence-electron chi connectivity index (χ2n) is 4.06. The number of carbonyl (C=O) groups is 1. The Hall–Kier alpha value is -1.02. The van der Waals surface area contributed by atoms with Gasteiger partial charge in [-0.2, -0.15) is 0 Å². The highest BCUT2D eigenvalue weighted by Gasteiger charge is 2.29. The lowest BCUT2D eigenvalue weighted by Gasteiger charge is -2.28. The Labute approximate surface area is 93.6 Å². The van der Waals surface area contributed by atoms with Crippen LogP contribution in [-0.4, -0.2) is 11.0 Å². The summed E-state index contributed by atoms with van der Waals surface area (Å²) in [4.78, 5) is 13.1. The van der Waals surface area contributed by atoms with Crippen molar-refractivity contribution in [1.29, 1.82) is 0 Å². The van der Waals surface area contributed by atoms with E-state index >= 15 is 0 Å². The van der Waals surface area contributed by atoms with Crippen molar-refractivity contribution in [1.82, 2.24) is 0 Å². The largest absolute Gasteiger partial charge is 0.295 e. The van der Waals surface area contributed by atoms with Crippen molar-refractivity contribution in [3.63, 3.8) is 0 Å². The normalized spacial score (nSPS) is 24.1. The number of hydrogen-bond acceptors (Lipinski definition) is 2. The third-order valence-electron chi connectivity index (χ3n) is 3.04. The van der Waals surface area contributed by atoms with Gasteiger partial charge < -0.3 is 0 Å². The fourth-order valence-electron chi connectivity index (χ4n) is 2.25. The van der Waals surface area contributed by atoms with Gasteiger partial charge in [-0.15, -0.1) is 11.8 Å². The Bertz CT molecular complexity index is 448. The average molecular weight is 216 g/mol. The molecule has 1 aromatic rings. The fraction of sp³-hybridized carbons (Fsp3) is 0.308. The highest BCUT2D eigenvalue weighted by atomic mass is 32.2. The first-order valence-corrected chi connectivity index (χ1v) is 6.23. The summed E-state index contributed by atoms with van der Waals surface area (Å²) in [7, 11) is 0. The van der Waals surface area contributed by atoms with E-state index in [1.54, 1.807) is 0 Å². The summed E-state index contributed by atoms with van der Waals surface area (Å²) in [6.45, 7) is 0. The van der Waals surface area contributed by atoms with E-state index in [0.29, 0.717) is 11.0 Å². The lowest BCUT2D eigenvalue weighted by molar-refractivity contribution is -0.116. The molecule has 0 unspecified atom stereocenters. The minimum absolute atomic E-state index is 0.355. The maximum Gasteiger partial charge on any atom is 0.160 e. The summed E-state index contributed by atoms with van der Waals surface area (Å²) >= 11 is 1.86. The van der Waals surface area contributed by atoms with Gasteiger partial charge in [0.25, 0.3) is 0 Å². The lowest BCUT2D eigenvalue weighted by atomic mass is 9.91. The van der Waals surface area contributed by atoms with Crippen LogP contribution < -0.4 is 0 Å². The van der Waals surface area contributed by atoms with Crippen LogP contribution in [0.3, 0.4) is 0 Å². The van der Waals surface area contributed by atoms with Gasteiger partial charge in [0.05, 0.1) is 0 Å². The zero-order valence-corrected chi connectivity index (χ0v) is 9.22. The second kappa shape index (κ2) is 3.53. The van der Waals surface area contributed by atoms with E-state index in [9.17, 15) is 4.79 Å². The van der Waals surface area contributed by atoms with Gasteiger partial charge >= 0.3 is 0 Å². The van der Waals surface area contributed by atoms with E-state index in [-0.39, 0.29) is 0 Å². The molecule has 1 saturated carbocycles. The van der Waals surface area contributed by atoms with Crippen LogP contribution in [0.1, 0.15) is 24.8 Å². The molecule has 1 heterocycles. The summed E-state index contributed by atoms with van der Waals surface area (Å²) < 4.78 is 0. The zero-order valence-electron chi connectivity index (χ0n) is 8.40. The summed E-state index contributed by atoms with van der Waals surface area (Å²) in [6, 6.07) is 8.33. The first kappa shape index (κ1) is 9.22. The van der Waals surface area contributed by atoms with Crippen molar-refractivity contribution in [3.8, 4) is 0 Å². The third kappa shape index (κ3) is 1.53. The van der Waals surface area contributed by atoms with E-state index in [2.05, 4.69) is 24.3 Å². The molecule has 2 aliphatic rings. The molecule has 2 heteroatoms. The van der Waals surface area contributed by atoms with E-state index in [0.717, 1.165) is 24.8 Å². The van der Waals surface area contributed by atoms with E-state index in [1.165, 1.54) is 10.5 Å². The standard InChI is InChI=1S/C13H12OS/c14-11-5-3-7-13-10(11)8-9-4-1-2-6-12(9)15-13/h1-2,4,6,8,13H,3,5,7H2/t13-/m1/s1. The number of benzene rings is 1. The SMILES string of the molecule is O=C1CCC[C@H]2Sc3ccccc3C=C12. The number of thioether (sulfide) groups is 1. The van der Waals surface area contributed by atoms with Crippen LogP contribution in [0.15, 0.2) is 34.7 Å². The predicted octanol–water partition coefficient (Wildman–Crippen LogP) is 3.30. The van der Waals surface area contributed by atoms with Crippen LogP contribution in [0.25, 0.3) is 6.08 Å². The van der Waals surface area contributed by atoms with Crippen LogP contribution in [0.5, 0.6) is 0 Å². The van der Waals surface area contributed by atoms with Crippen molar-refractivity contribution in [3.05, 3.63) is 35.4 Å². The van der Waals surface area contributed by atoms with Crippen LogP contribution >= 0.6 is 11.8 Å². The van der Waals surface area contributed by atoms with Gasteiger partial charge in [0.1, 0.15) is 0 Å². The molecule has 1 aliphatic heterocycles. The molecule has 1 aliphatic carbocycles. The van der Waals surface area contributed by atoms with E-state index in [1.807, 2.05) is 17.8 Å². The second-order valence-corrected chi connectivity index (χ2v) is 5.30. The minimum Gasteiger partial charge on any atom is -0.295 e. The Morgan fingerprint density at radius 1 is 1.27 bits per heavy atom. The highest BCUT2D eigenvalue weighted by Crippen LogP contribution is 2.42. The quantitative estimate of drug-likeness (QED) is 0.662. The van der Waals surface area contributed by atoms with Crippen LogP contribution in [0.4, 0.5) is 0 Å². The number of rotatable bonds is 0. The topological polar surface area (TPSA) is 17.1 Å². The number of Topliss-reactive ketones (excluding diaryl/α,β-unsaturated/α-hetero) is 1. The van der Waals surface area contributed by atoms with Crippen LogP contribution in [0, 0.1) is 0 Å². The molecule has 0 aromatic heterocycles. The number of hydrogen-bond donors (Lipinski definition) is 0. The van der Waals surface area contributed by atoms with Crippen molar-refractivity contribution in [2.45, 2.75) is 29.4 Å². The van der Waals surface area contributed by atoms with Gasteiger partial charge in [-0.05, 0) is 30.5 Å². The molecular weight excluding hydrogens is 204 g/mol. The maximum atomic E-state index is 11.8. The molecule has 15 heavy (non-hydrogen) atoms. The molecule has 0 bridgehead atoms. The molecule has 3 rings (SSSR count). The summed E-state index contributed by atoms with van der Waals surface area (Å²) in [5, 5.41) is 0.418. The number of carbonyl (C=O) groups excluding carboxylic acids is 1. The number of ketones is 1.